The van der Waals surface area contributed by atoms with Gasteiger partial charge in [-0.3, -0.25) is 9.59 Å². The molecule has 0 spiro atoms. The van der Waals surface area contributed by atoms with Crippen molar-refractivity contribution in [1.29, 1.82) is 0 Å². The molecule has 1 aliphatic rings. The van der Waals surface area contributed by atoms with Crippen LogP contribution in [0.1, 0.15) is 35.2 Å². The minimum Gasteiger partial charge on any atom is -0.480 e. The third-order valence-electron chi connectivity index (χ3n) is 3.49. The van der Waals surface area contributed by atoms with E-state index in [-0.39, 0.29) is 18.5 Å². The number of carboxylic acids is 1. The van der Waals surface area contributed by atoms with Crippen LogP contribution in [0.15, 0.2) is 18.2 Å². The summed E-state index contributed by atoms with van der Waals surface area (Å²) in [5, 5.41) is 9.53. The summed E-state index contributed by atoms with van der Waals surface area (Å²) in [7, 11) is 0. The maximum atomic E-state index is 12.4. The van der Waals surface area contributed by atoms with Gasteiger partial charge in [-0.2, -0.15) is 0 Å². The van der Waals surface area contributed by atoms with Crippen molar-refractivity contribution in [1.82, 2.24) is 4.90 Å². The van der Waals surface area contributed by atoms with Crippen molar-refractivity contribution in [3.05, 3.63) is 34.3 Å². The van der Waals surface area contributed by atoms with Crippen LogP contribution in [0.3, 0.4) is 0 Å². The molecule has 1 aromatic carbocycles. The zero-order valence-corrected chi connectivity index (χ0v) is 11.5. The first kappa shape index (κ1) is 13.9. The number of halogens is 1. The number of carbonyl (C=O) groups is 2. The lowest BCUT2D eigenvalue weighted by atomic mass is 9.91. The number of aliphatic carboxylic acids is 1. The zero-order chi connectivity index (χ0) is 14.0. The number of benzene rings is 1. The van der Waals surface area contributed by atoms with E-state index in [0.29, 0.717) is 10.6 Å². The number of rotatable bonds is 4. The van der Waals surface area contributed by atoms with E-state index in [1.807, 2.05) is 6.92 Å². The maximum Gasteiger partial charge on any atom is 0.323 e. The van der Waals surface area contributed by atoms with E-state index in [4.69, 9.17) is 16.7 Å². The molecule has 0 aromatic heterocycles. The average Bonchev–Trinajstić information content (AvgIpc) is 2.28. The van der Waals surface area contributed by atoms with Crippen molar-refractivity contribution in [3.8, 4) is 0 Å². The van der Waals surface area contributed by atoms with Gasteiger partial charge in [0, 0.05) is 16.6 Å². The van der Waals surface area contributed by atoms with Crippen LogP contribution in [0, 0.1) is 6.92 Å². The molecule has 1 amide bonds. The summed E-state index contributed by atoms with van der Waals surface area (Å²) < 4.78 is 0. The van der Waals surface area contributed by atoms with E-state index in [0.717, 1.165) is 24.8 Å². The van der Waals surface area contributed by atoms with Crippen molar-refractivity contribution in [3.63, 3.8) is 0 Å². The van der Waals surface area contributed by atoms with Gasteiger partial charge >= 0.3 is 5.97 Å². The third kappa shape index (κ3) is 3.07. The zero-order valence-electron chi connectivity index (χ0n) is 10.7. The van der Waals surface area contributed by atoms with Crippen molar-refractivity contribution in [2.75, 3.05) is 6.54 Å². The normalized spacial score (nSPS) is 14.8. The van der Waals surface area contributed by atoms with Gasteiger partial charge in [0.1, 0.15) is 6.54 Å². The van der Waals surface area contributed by atoms with E-state index in [1.165, 1.54) is 4.90 Å². The lowest BCUT2D eigenvalue weighted by molar-refractivity contribution is -0.138. The highest BCUT2D eigenvalue weighted by Gasteiger charge is 2.30. The predicted molar refractivity (Wildman–Crippen MR) is 72.5 cm³/mol. The van der Waals surface area contributed by atoms with Crippen molar-refractivity contribution < 1.29 is 14.7 Å². The van der Waals surface area contributed by atoms with Gasteiger partial charge < -0.3 is 10.0 Å². The van der Waals surface area contributed by atoms with E-state index in [1.54, 1.807) is 18.2 Å². The fourth-order valence-corrected chi connectivity index (χ4v) is 2.27. The standard InChI is InChI=1S/C14H16ClNO3/c1-9-7-10(5-6-12(9)15)14(19)16(8-13(17)18)11-3-2-4-11/h5-7,11H,2-4,8H2,1H3,(H,17,18). The van der Waals surface area contributed by atoms with Crippen molar-refractivity contribution >= 4 is 23.5 Å². The summed E-state index contributed by atoms with van der Waals surface area (Å²) in [5.74, 6) is -1.21. The molecule has 2 rings (SSSR count). The Kier molecular flexibility index (Phi) is 4.10. The van der Waals surface area contributed by atoms with Gasteiger partial charge in [0.25, 0.3) is 5.91 Å². The summed E-state index contributed by atoms with van der Waals surface area (Å²) in [6.07, 6.45) is 2.81. The van der Waals surface area contributed by atoms with E-state index >= 15 is 0 Å². The Hall–Kier alpha value is -1.55. The Morgan fingerprint density at radius 2 is 2.11 bits per heavy atom. The summed E-state index contributed by atoms with van der Waals surface area (Å²) in [6, 6.07) is 5.08. The largest absolute Gasteiger partial charge is 0.480 e. The molecule has 0 bridgehead atoms. The van der Waals surface area contributed by atoms with Gasteiger partial charge in [-0.15, -0.1) is 0 Å². The molecule has 0 unspecified atom stereocenters. The molecule has 0 heterocycles. The topological polar surface area (TPSA) is 57.6 Å². The second-order valence-corrected chi connectivity index (χ2v) is 5.28. The third-order valence-corrected chi connectivity index (χ3v) is 3.91. The summed E-state index contributed by atoms with van der Waals surface area (Å²) in [5.41, 5.74) is 1.31. The number of carboxylic acid groups (broad SMARTS) is 1. The Morgan fingerprint density at radius 3 is 2.58 bits per heavy atom. The van der Waals surface area contributed by atoms with Gasteiger partial charge in [-0.05, 0) is 49.9 Å². The predicted octanol–water partition coefficient (Wildman–Crippen LogP) is 2.73. The molecule has 1 aromatic rings. The van der Waals surface area contributed by atoms with Crippen LogP contribution in [0.4, 0.5) is 0 Å². The molecule has 0 atom stereocenters. The van der Waals surface area contributed by atoms with Crippen LogP contribution in [0.5, 0.6) is 0 Å². The Balaban J connectivity index is 2.22. The molecule has 0 radical (unpaired) electrons. The maximum absolute atomic E-state index is 12.4. The van der Waals surface area contributed by atoms with Crippen LogP contribution in [-0.2, 0) is 4.79 Å². The number of hydrogen-bond acceptors (Lipinski definition) is 2. The van der Waals surface area contributed by atoms with E-state index < -0.39 is 5.97 Å². The second kappa shape index (κ2) is 5.61. The van der Waals surface area contributed by atoms with Gasteiger partial charge in [0.2, 0.25) is 0 Å². The van der Waals surface area contributed by atoms with Crippen LogP contribution >= 0.6 is 11.6 Å². The minimum atomic E-state index is -0.981. The van der Waals surface area contributed by atoms with Crippen LogP contribution < -0.4 is 0 Å². The number of amides is 1. The SMILES string of the molecule is Cc1cc(C(=O)N(CC(=O)O)C2CCC2)ccc1Cl. The molecule has 1 N–H and O–H groups in total. The lowest BCUT2D eigenvalue weighted by Crippen LogP contribution is -2.46. The molecule has 1 fully saturated rings. The molecule has 102 valence electrons. The van der Waals surface area contributed by atoms with Gasteiger partial charge in [-0.25, -0.2) is 0 Å². The number of nitrogens with zero attached hydrogens (tertiary/aromatic N) is 1. The van der Waals surface area contributed by atoms with Gasteiger partial charge in [0.15, 0.2) is 0 Å². The summed E-state index contributed by atoms with van der Waals surface area (Å²) in [4.78, 5) is 24.7. The summed E-state index contributed by atoms with van der Waals surface area (Å²) in [6.45, 7) is 1.58. The van der Waals surface area contributed by atoms with Crippen LogP contribution in [0.2, 0.25) is 5.02 Å². The lowest BCUT2D eigenvalue weighted by Gasteiger charge is -2.36. The van der Waals surface area contributed by atoms with Crippen LogP contribution in [-0.4, -0.2) is 34.5 Å². The molecular formula is C14H16ClNO3. The fourth-order valence-electron chi connectivity index (χ4n) is 2.15. The van der Waals surface area contributed by atoms with Gasteiger partial charge in [0.05, 0.1) is 0 Å². The molecule has 4 nitrogen and oxygen atoms in total. The molecule has 0 saturated heterocycles. The van der Waals surface area contributed by atoms with Crippen molar-refractivity contribution in [2.24, 2.45) is 0 Å². The van der Waals surface area contributed by atoms with E-state index in [2.05, 4.69) is 0 Å². The molecule has 5 heteroatoms. The highest BCUT2D eigenvalue weighted by atomic mass is 35.5. The molecule has 0 aliphatic heterocycles. The van der Waals surface area contributed by atoms with Crippen LogP contribution in [0.25, 0.3) is 0 Å². The number of hydrogen-bond donors (Lipinski definition) is 1. The minimum absolute atomic E-state index is 0.0552. The molecule has 19 heavy (non-hydrogen) atoms. The van der Waals surface area contributed by atoms with Gasteiger partial charge in [-0.1, -0.05) is 11.6 Å². The number of carbonyl (C=O) groups excluding carboxylic acids is 1. The second-order valence-electron chi connectivity index (χ2n) is 4.88. The smallest absolute Gasteiger partial charge is 0.323 e. The highest BCUT2D eigenvalue weighted by molar-refractivity contribution is 6.31. The Labute approximate surface area is 117 Å². The quantitative estimate of drug-likeness (QED) is 0.923. The average molecular weight is 282 g/mol. The molecular weight excluding hydrogens is 266 g/mol. The monoisotopic (exact) mass is 281 g/mol. The first-order valence-electron chi connectivity index (χ1n) is 6.28. The molecule has 1 aliphatic carbocycles. The highest BCUT2D eigenvalue weighted by Crippen LogP contribution is 2.27. The number of aryl methyl sites for hydroxylation is 1. The van der Waals surface area contributed by atoms with E-state index in [9.17, 15) is 9.59 Å². The Morgan fingerprint density at radius 1 is 1.42 bits per heavy atom. The first-order chi connectivity index (χ1) is 8.99. The van der Waals surface area contributed by atoms with Crippen molar-refractivity contribution in [2.45, 2.75) is 32.2 Å². The summed E-state index contributed by atoms with van der Waals surface area (Å²) >= 11 is 5.93. The first-order valence-corrected chi connectivity index (χ1v) is 6.65. The fraction of sp³-hybridized carbons (Fsp3) is 0.429. The molecule has 1 saturated carbocycles. The Bertz CT molecular complexity index is 511.